The third kappa shape index (κ3) is 3.41. The van der Waals surface area contributed by atoms with Gasteiger partial charge in [-0.05, 0) is 30.3 Å². The molecule has 0 saturated heterocycles. The predicted molar refractivity (Wildman–Crippen MR) is 81.0 cm³/mol. The lowest BCUT2D eigenvalue weighted by molar-refractivity contribution is -0.137. The second-order valence-corrected chi connectivity index (χ2v) is 6.53. The Balaban J connectivity index is 2.08. The van der Waals surface area contributed by atoms with Crippen LogP contribution in [-0.2, 0) is 16.3 Å². The highest BCUT2D eigenvalue weighted by Crippen LogP contribution is 2.33. The van der Waals surface area contributed by atoms with Gasteiger partial charge in [-0.1, -0.05) is 18.2 Å². The Bertz CT molecular complexity index is 1040. The lowest BCUT2D eigenvalue weighted by Gasteiger charge is -2.12. The third-order valence-corrected chi connectivity index (χ3v) is 4.57. The summed E-state index contributed by atoms with van der Waals surface area (Å²) in [5.41, 5.74) is -1.12. The van der Waals surface area contributed by atoms with Gasteiger partial charge in [0.1, 0.15) is 16.2 Å². The van der Waals surface area contributed by atoms with Crippen molar-refractivity contribution in [3.8, 4) is 5.75 Å². The van der Waals surface area contributed by atoms with E-state index in [1.165, 1.54) is 18.3 Å². The number of alkyl halides is 3. The summed E-state index contributed by atoms with van der Waals surface area (Å²) in [6, 6.07) is 8.75. The van der Waals surface area contributed by atoms with E-state index in [1.54, 1.807) is 18.2 Å². The van der Waals surface area contributed by atoms with E-state index in [0.29, 0.717) is 17.5 Å². The molecule has 0 N–H and O–H groups in total. The quantitative estimate of drug-likeness (QED) is 0.512. The van der Waals surface area contributed by atoms with Gasteiger partial charge < -0.3 is 4.18 Å². The van der Waals surface area contributed by atoms with Crippen molar-refractivity contribution in [1.82, 2.24) is 4.98 Å². The molecule has 130 valence electrons. The zero-order valence-electron chi connectivity index (χ0n) is 12.3. The number of fused-ring (bicyclic) bond motifs is 1. The van der Waals surface area contributed by atoms with Crippen LogP contribution in [0.3, 0.4) is 0 Å². The molecule has 3 rings (SSSR count). The van der Waals surface area contributed by atoms with Crippen LogP contribution in [0.1, 0.15) is 5.56 Å². The van der Waals surface area contributed by atoms with Crippen molar-refractivity contribution in [3.63, 3.8) is 0 Å². The monoisotopic (exact) mass is 371 g/mol. The number of nitrogens with zero attached hydrogens (tertiary/aromatic N) is 1. The van der Waals surface area contributed by atoms with Crippen LogP contribution in [0.25, 0.3) is 10.9 Å². The lowest BCUT2D eigenvalue weighted by Crippen LogP contribution is -2.14. The molecule has 0 aliphatic carbocycles. The average molecular weight is 371 g/mol. The maximum atomic E-state index is 13.8. The number of halogens is 4. The van der Waals surface area contributed by atoms with E-state index in [0.717, 1.165) is 0 Å². The highest BCUT2D eigenvalue weighted by Gasteiger charge is 2.33. The van der Waals surface area contributed by atoms with Gasteiger partial charge in [-0.15, -0.1) is 0 Å². The normalized spacial score (nSPS) is 12.3. The van der Waals surface area contributed by atoms with Crippen LogP contribution >= 0.6 is 0 Å². The smallest absolute Gasteiger partial charge is 0.377 e. The van der Waals surface area contributed by atoms with Crippen molar-refractivity contribution in [2.45, 2.75) is 11.1 Å². The molecule has 0 fully saturated rings. The predicted octanol–water partition coefficient (Wildman–Crippen LogP) is 4.16. The molecule has 1 aromatic heterocycles. The number of para-hydroxylation sites is 1. The van der Waals surface area contributed by atoms with E-state index >= 15 is 0 Å². The standard InChI is InChI=1S/C16H9F4NO3S/c17-12-7-6-11(16(18,19)20)9-14(12)25(22,23)24-13-5-1-3-10-4-2-8-21-15(10)13/h1-9H. The van der Waals surface area contributed by atoms with Crippen molar-refractivity contribution in [2.75, 3.05) is 0 Å². The Labute approximate surface area is 139 Å². The fraction of sp³-hybridized carbons (Fsp3) is 0.0625. The molecular formula is C16H9F4NO3S. The second kappa shape index (κ2) is 5.99. The SMILES string of the molecule is O=S(=O)(Oc1cccc2cccnc12)c1cc(C(F)(F)F)ccc1F. The maximum Gasteiger partial charge on any atom is 0.416 e. The van der Waals surface area contributed by atoms with Gasteiger partial charge in [-0.25, -0.2) is 4.39 Å². The highest BCUT2D eigenvalue weighted by atomic mass is 32.2. The Morgan fingerprint density at radius 1 is 1.00 bits per heavy atom. The fourth-order valence-electron chi connectivity index (χ4n) is 2.18. The van der Waals surface area contributed by atoms with E-state index in [-0.39, 0.29) is 17.3 Å². The van der Waals surface area contributed by atoms with Crippen LogP contribution in [0.4, 0.5) is 17.6 Å². The minimum atomic E-state index is -4.83. The molecule has 4 nitrogen and oxygen atoms in total. The van der Waals surface area contributed by atoms with Gasteiger partial charge in [0.15, 0.2) is 5.75 Å². The first-order valence-corrected chi connectivity index (χ1v) is 8.24. The van der Waals surface area contributed by atoms with Gasteiger partial charge in [0.05, 0.1) is 5.56 Å². The molecule has 0 saturated carbocycles. The Morgan fingerprint density at radius 2 is 1.72 bits per heavy atom. The molecule has 0 aliphatic rings. The van der Waals surface area contributed by atoms with E-state index in [1.807, 2.05) is 0 Å². The van der Waals surface area contributed by atoms with Crippen LogP contribution in [0.2, 0.25) is 0 Å². The molecule has 9 heteroatoms. The summed E-state index contributed by atoms with van der Waals surface area (Å²) in [5, 5.41) is 0.555. The zero-order chi connectivity index (χ0) is 18.2. The molecule has 1 heterocycles. The van der Waals surface area contributed by atoms with Crippen molar-refractivity contribution >= 4 is 21.0 Å². The summed E-state index contributed by atoms with van der Waals surface area (Å²) in [4.78, 5) is 2.78. The van der Waals surface area contributed by atoms with Crippen LogP contribution in [0.15, 0.2) is 59.6 Å². The minimum Gasteiger partial charge on any atom is -0.377 e. The number of hydrogen-bond acceptors (Lipinski definition) is 4. The van der Waals surface area contributed by atoms with Crippen molar-refractivity contribution < 1.29 is 30.2 Å². The highest BCUT2D eigenvalue weighted by molar-refractivity contribution is 7.87. The minimum absolute atomic E-state index is 0.181. The molecule has 2 aromatic carbocycles. The molecular weight excluding hydrogens is 362 g/mol. The number of hydrogen-bond donors (Lipinski definition) is 0. The molecule has 0 spiro atoms. The van der Waals surface area contributed by atoms with Crippen LogP contribution < -0.4 is 4.18 Å². The number of pyridine rings is 1. The summed E-state index contributed by atoms with van der Waals surface area (Å²) in [6.07, 6.45) is -3.42. The van der Waals surface area contributed by atoms with Gasteiger partial charge in [-0.2, -0.15) is 21.6 Å². The largest absolute Gasteiger partial charge is 0.416 e. The molecule has 0 aliphatic heterocycles. The van der Waals surface area contributed by atoms with E-state index < -0.39 is 32.6 Å². The molecule has 3 aromatic rings. The van der Waals surface area contributed by atoms with Crippen LogP contribution in [0, 0.1) is 5.82 Å². The molecule has 0 atom stereocenters. The molecule has 0 amide bonds. The first-order valence-electron chi connectivity index (χ1n) is 6.83. The molecule has 0 bridgehead atoms. The summed E-state index contributed by atoms with van der Waals surface area (Å²) < 4.78 is 81.5. The summed E-state index contributed by atoms with van der Waals surface area (Å²) in [6.45, 7) is 0. The first-order chi connectivity index (χ1) is 11.7. The summed E-state index contributed by atoms with van der Waals surface area (Å²) in [5.74, 6) is -1.56. The van der Waals surface area contributed by atoms with Crippen molar-refractivity contribution in [3.05, 3.63) is 66.1 Å². The van der Waals surface area contributed by atoms with Crippen molar-refractivity contribution in [2.24, 2.45) is 0 Å². The van der Waals surface area contributed by atoms with Gasteiger partial charge >= 0.3 is 16.3 Å². The zero-order valence-corrected chi connectivity index (χ0v) is 13.1. The van der Waals surface area contributed by atoms with E-state index in [9.17, 15) is 26.0 Å². The Kier molecular flexibility index (Phi) is 4.11. The summed E-state index contributed by atoms with van der Waals surface area (Å²) in [7, 11) is -4.83. The Morgan fingerprint density at radius 3 is 2.44 bits per heavy atom. The van der Waals surface area contributed by atoms with Gasteiger partial charge in [0.2, 0.25) is 0 Å². The van der Waals surface area contributed by atoms with Crippen LogP contribution in [0.5, 0.6) is 5.75 Å². The maximum absolute atomic E-state index is 13.8. The van der Waals surface area contributed by atoms with Gasteiger partial charge in [0.25, 0.3) is 0 Å². The van der Waals surface area contributed by atoms with Crippen molar-refractivity contribution in [1.29, 1.82) is 0 Å². The number of rotatable bonds is 3. The fourth-order valence-corrected chi connectivity index (χ4v) is 3.22. The number of benzene rings is 2. The molecule has 0 radical (unpaired) electrons. The van der Waals surface area contributed by atoms with Gasteiger partial charge in [0, 0.05) is 11.6 Å². The van der Waals surface area contributed by atoms with E-state index in [2.05, 4.69) is 4.98 Å². The number of aromatic nitrogens is 1. The Hall–Kier alpha value is -2.68. The average Bonchev–Trinajstić information content (AvgIpc) is 2.54. The lowest BCUT2D eigenvalue weighted by atomic mass is 10.2. The third-order valence-electron chi connectivity index (χ3n) is 3.32. The second-order valence-electron chi connectivity index (χ2n) is 5.01. The van der Waals surface area contributed by atoms with Gasteiger partial charge in [-0.3, -0.25) is 4.98 Å². The van der Waals surface area contributed by atoms with E-state index in [4.69, 9.17) is 4.18 Å². The summed E-state index contributed by atoms with van der Waals surface area (Å²) >= 11 is 0. The van der Waals surface area contributed by atoms with Crippen LogP contribution in [-0.4, -0.2) is 13.4 Å². The molecule has 0 unspecified atom stereocenters. The topological polar surface area (TPSA) is 56.3 Å². The molecule has 25 heavy (non-hydrogen) atoms. The first kappa shape index (κ1) is 17.2.